The van der Waals surface area contributed by atoms with E-state index in [0.717, 1.165) is 34.2 Å². The summed E-state index contributed by atoms with van der Waals surface area (Å²) in [4.78, 5) is 0. The lowest BCUT2D eigenvalue weighted by atomic mass is 10.1. The Kier molecular flexibility index (Phi) is 3.30. The normalized spacial score (nSPS) is 11.2. The molecule has 0 aliphatic heterocycles. The van der Waals surface area contributed by atoms with Gasteiger partial charge in [-0.3, -0.25) is 0 Å². The number of hydrogen-bond acceptors (Lipinski definition) is 2. The molecule has 0 amide bonds. The molecule has 2 nitrogen and oxygen atoms in total. The highest BCUT2D eigenvalue weighted by Crippen LogP contribution is 2.34. The number of furan rings is 1. The van der Waals surface area contributed by atoms with Crippen molar-refractivity contribution in [2.45, 2.75) is 20.4 Å². The summed E-state index contributed by atoms with van der Waals surface area (Å²) < 4.78 is 5.94. The summed E-state index contributed by atoms with van der Waals surface area (Å²) in [6.45, 7) is 5.10. The molecule has 0 fully saturated rings. The van der Waals surface area contributed by atoms with Crippen molar-refractivity contribution in [3.63, 3.8) is 0 Å². The Morgan fingerprint density at radius 2 is 1.70 bits per heavy atom. The molecule has 0 saturated carbocycles. The van der Waals surface area contributed by atoms with Crippen LogP contribution in [0.4, 0.5) is 5.69 Å². The van der Waals surface area contributed by atoms with Gasteiger partial charge in [0, 0.05) is 17.6 Å². The fourth-order valence-electron chi connectivity index (χ4n) is 3.16. The minimum atomic E-state index is 0.810. The summed E-state index contributed by atoms with van der Waals surface area (Å²) in [5.41, 5.74) is 6.92. The van der Waals surface area contributed by atoms with E-state index in [0.29, 0.717) is 0 Å². The first kappa shape index (κ1) is 13.9. The van der Waals surface area contributed by atoms with E-state index in [9.17, 15) is 0 Å². The third-order valence-electron chi connectivity index (χ3n) is 4.37. The highest BCUT2D eigenvalue weighted by Gasteiger charge is 2.10. The van der Waals surface area contributed by atoms with Crippen molar-refractivity contribution < 1.29 is 4.42 Å². The van der Waals surface area contributed by atoms with E-state index in [2.05, 4.69) is 55.6 Å². The molecule has 0 radical (unpaired) electrons. The first-order valence-electron chi connectivity index (χ1n) is 7.92. The molecule has 1 N–H and O–H groups in total. The minimum Gasteiger partial charge on any atom is -0.456 e. The lowest BCUT2D eigenvalue weighted by Gasteiger charge is -2.11. The molecule has 0 saturated heterocycles. The average Bonchev–Trinajstić information content (AvgIpc) is 2.93. The van der Waals surface area contributed by atoms with E-state index in [1.807, 2.05) is 24.3 Å². The SMILES string of the molecule is Cc1ccc(CNc2cccc3oc4ccccc4c23)c(C)c1. The predicted molar refractivity (Wildman–Crippen MR) is 97.0 cm³/mol. The summed E-state index contributed by atoms with van der Waals surface area (Å²) in [6, 6.07) is 21.0. The molecule has 4 rings (SSSR count). The Morgan fingerprint density at radius 3 is 2.57 bits per heavy atom. The van der Waals surface area contributed by atoms with Gasteiger partial charge in [0.2, 0.25) is 0 Å². The summed E-state index contributed by atoms with van der Waals surface area (Å²) in [5, 5.41) is 5.90. The maximum atomic E-state index is 5.94. The molecule has 23 heavy (non-hydrogen) atoms. The van der Waals surface area contributed by atoms with Gasteiger partial charge in [0.1, 0.15) is 11.2 Å². The standard InChI is InChI=1S/C21H19NO/c1-14-10-11-16(15(2)12-14)13-22-18-7-5-9-20-21(18)17-6-3-4-8-19(17)23-20/h3-12,22H,13H2,1-2H3. The Hall–Kier alpha value is -2.74. The first-order valence-corrected chi connectivity index (χ1v) is 7.92. The highest BCUT2D eigenvalue weighted by atomic mass is 16.3. The lowest BCUT2D eigenvalue weighted by Crippen LogP contribution is -2.01. The molecule has 0 unspecified atom stereocenters. The zero-order valence-electron chi connectivity index (χ0n) is 13.4. The molecule has 0 aliphatic carbocycles. The van der Waals surface area contributed by atoms with Crippen molar-refractivity contribution in [2.75, 3.05) is 5.32 Å². The van der Waals surface area contributed by atoms with Gasteiger partial charge in [-0.15, -0.1) is 0 Å². The van der Waals surface area contributed by atoms with E-state index >= 15 is 0 Å². The minimum absolute atomic E-state index is 0.810. The molecule has 0 spiro atoms. The predicted octanol–water partition coefficient (Wildman–Crippen LogP) is 5.81. The quantitative estimate of drug-likeness (QED) is 0.516. The molecule has 0 bridgehead atoms. The van der Waals surface area contributed by atoms with Gasteiger partial charge in [0.05, 0.1) is 5.39 Å². The van der Waals surface area contributed by atoms with Crippen LogP contribution in [0.15, 0.2) is 65.1 Å². The molecule has 2 heteroatoms. The molecule has 0 aliphatic rings. The van der Waals surface area contributed by atoms with E-state index in [1.165, 1.54) is 16.7 Å². The number of benzene rings is 3. The summed E-state index contributed by atoms with van der Waals surface area (Å²) >= 11 is 0. The summed E-state index contributed by atoms with van der Waals surface area (Å²) in [7, 11) is 0. The molecular weight excluding hydrogens is 282 g/mol. The second-order valence-corrected chi connectivity index (χ2v) is 6.06. The zero-order valence-corrected chi connectivity index (χ0v) is 13.4. The van der Waals surface area contributed by atoms with Crippen LogP contribution >= 0.6 is 0 Å². The van der Waals surface area contributed by atoms with Gasteiger partial charge >= 0.3 is 0 Å². The number of nitrogens with one attached hydrogen (secondary N) is 1. The van der Waals surface area contributed by atoms with Crippen LogP contribution in [0.3, 0.4) is 0 Å². The number of aryl methyl sites for hydroxylation is 2. The second-order valence-electron chi connectivity index (χ2n) is 6.06. The largest absolute Gasteiger partial charge is 0.456 e. The second kappa shape index (κ2) is 5.47. The monoisotopic (exact) mass is 301 g/mol. The fourth-order valence-corrected chi connectivity index (χ4v) is 3.16. The van der Waals surface area contributed by atoms with Gasteiger partial charge in [-0.2, -0.15) is 0 Å². The zero-order chi connectivity index (χ0) is 15.8. The Morgan fingerprint density at radius 1 is 0.870 bits per heavy atom. The van der Waals surface area contributed by atoms with Gasteiger partial charge in [0.15, 0.2) is 0 Å². The van der Waals surface area contributed by atoms with Crippen LogP contribution in [0.2, 0.25) is 0 Å². The lowest BCUT2D eigenvalue weighted by molar-refractivity contribution is 0.669. The Balaban J connectivity index is 1.74. The van der Waals surface area contributed by atoms with Gasteiger partial charge < -0.3 is 9.73 Å². The van der Waals surface area contributed by atoms with Crippen LogP contribution < -0.4 is 5.32 Å². The van der Waals surface area contributed by atoms with Crippen molar-refractivity contribution in [3.8, 4) is 0 Å². The average molecular weight is 301 g/mol. The maximum Gasteiger partial charge on any atom is 0.137 e. The number of fused-ring (bicyclic) bond motifs is 3. The molecule has 114 valence electrons. The van der Waals surface area contributed by atoms with E-state index < -0.39 is 0 Å². The highest BCUT2D eigenvalue weighted by molar-refractivity contribution is 6.11. The van der Waals surface area contributed by atoms with Crippen LogP contribution in [-0.4, -0.2) is 0 Å². The number of para-hydroxylation sites is 1. The van der Waals surface area contributed by atoms with Gasteiger partial charge in [-0.25, -0.2) is 0 Å². The number of hydrogen-bond donors (Lipinski definition) is 1. The van der Waals surface area contributed by atoms with Gasteiger partial charge in [-0.1, -0.05) is 48.0 Å². The van der Waals surface area contributed by atoms with Crippen LogP contribution in [0.5, 0.6) is 0 Å². The van der Waals surface area contributed by atoms with E-state index in [4.69, 9.17) is 4.42 Å². The van der Waals surface area contributed by atoms with Crippen molar-refractivity contribution in [2.24, 2.45) is 0 Å². The van der Waals surface area contributed by atoms with Crippen molar-refractivity contribution in [3.05, 3.63) is 77.4 Å². The molecule has 3 aromatic carbocycles. The molecular formula is C21H19NO. The van der Waals surface area contributed by atoms with E-state index in [1.54, 1.807) is 0 Å². The Bertz CT molecular complexity index is 997. The number of rotatable bonds is 3. The number of anilines is 1. The topological polar surface area (TPSA) is 25.2 Å². The van der Waals surface area contributed by atoms with Crippen LogP contribution in [0.1, 0.15) is 16.7 Å². The van der Waals surface area contributed by atoms with Crippen molar-refractivity contribution in [1.29, 1.82) is 0 Å². The third-order valence-corrected chi connectivity index (χ3v) is 4.37. The fraction of sp³-hybridized carbons (Fsp3) is 0.143. The maximum absolute atomic E-state index is 5.94. The molecule has 4 aromatic rings. The summed E-state index contributed by atoms with van der Waals surface area (Å²) in [6.07, 6.45) is 0. The van der Waals surface area contributed by atoms with E-state index in [-0.39, 0.29) is 0 Å². The van der Waals surface area contributed by atoms with Crippen LogP contribution in [0.25, 0.3) is 21.9 Å². The molecule has 1 aromatic heterocycles. The molecule has 1 heterocycles. The van der Waals surface area contributed by atoms with Crippen LogP contribution in [-0.2, 0) is 6.54 Å². The first-order chi connectivity index (χ1) is 11.2. The van der Waals surface area contributed by atoms with Gasteiger partial charge in [0.25, 0.3) is 0 Å². The van der Waals surface area contributed by atoms with Crippen molar-refractivity contribution >= 4 is 27.6 Å². The third kappa shape index (κ3) is 2.46. The Labute approximate surface area is 135 Å². The smallest absolute Gasteiger partial charge is 0.137 e. The molecule has 0 atom stereocenters. The summed E-state index contributed by atoms with van der Waals surface area (Å²) in [5.74, 6) is 0. The van der Waals surface area contributed by atoms with Crippen molar-refractivity contribution in [1.82, 2.24) is 0 Å². The van der Waals surface area contributed by atoms with Gasteiger partial charge in [-0.05, 0) is 43.2 Å². The van der Waals surface area contributed by atoms with Crippen LogP contribution in [0, 0.1) is 13.8 Å².